The summed E-state index contributed by atoms with van der Waals surface area (Å²) in [6.07, 6.45) is 36.2. The second-order valence-corrected chi connectivity index (χ2v) is 25.3. The van der Waals surface area contributed by atoms with Crippen molar-refractivity contribution in [1.82, 2.24) is 0 Å². The van der Waals surface area contributed by atoms with E-state index >= 15 is 0 Å². The highest BCUT2D eigenvalue weighted by molar-refractivity contribution is 5.27. The predicted molar refractivity (Wildman–Crippen MR) is 256 cm³/mol. The zero-order chi connectivity index (χ0) is 43.4. The maximum absolute atomic E-state index is 10.2. The van der Waals surface area contributed by atoms with Crippen LogP contribution in [0.15, 0.2) is 35.5 Å². The molecule has 8 rings (SSSR count). The van der Waals surface area contributed by atoms with Gasteiger partial charge in [0.2, 0.25) is 0 Å². The first kappa shape index (κ1) is 47.1. The second-order valence-electron chi connectivity index (χ2n) is 25.3. The van der Waals surface area contributed by atoms with Gasteiger partial charge in [-0.1, -0.05) is 131 Å². The summed E-state index contributed by atoms with van der Waals surface area (Å²) in [4.78, 5) is 0. The van der Waals surface area contributed by atoms with Gasteiger partial charge in [0.15, 0.2) is 0 Å². The van der Waals surface area contributed by atoms with Crippen LogP contribution in [0.2, 0.25) is 0 Å². The number of fused-ring (bicyclic) bond motifs is 10. The van der Waals surface area contributed by atoms with E-state index in [1.807, 2.05) is 0 Å². The topological polar surface area (TPSA) is 40.5 Å². The lowest BCUT2D eigenvalue weighted by atomic mass is 9.47. The Morgan fingerprint density at radius 3 is 1.53 bits per heavy atom. The Morgan fingerprint density at radius 2 is 1.07 bits per heavy atom. The molecule has 0 aromatic carbocycles. The smallest absolute Gasteiger partial charge is 0.0577 e. The van der Waals surface area contributed by atoms with Crippen LogP contribution < -0.4 is 0 Å². The van der Waals surface area contributed by atoms with Gasteiger partial charge in [-0.25, -0.2) is 0 Å². The fourth-order valence-corrected chi connectivity index (χ4v) is 18.1. The summed E-state index contributed by atoms with van der Waals surface area (Å²) in [7, 11) is 0. The van der Waals surface area contributed by atoms with Gasteiger partial charge in [-0.2, -0.15) is 0 Å². The van der Waals surface area contributed by atoms with Crippen LogP contribution >= 0.6 is 0 Å². The Balaban J connectivity index is 0.000000181. The van der Waals surface area contributed by atoms with E-state index in [-0.39, 0.29) is 12.2 Å². The summed E-state index contributed by atoms with van der Waals surface area (Å²) >= 11 is 0. The van der Waals surface area contributed by atoms with E-state index in [4.69, 9.17) is 0 Å². The first-order chi connectivity index (χ1) is 28.4. The molecule has 0 spiro atoms. The first-order valence-corrected chi connectivity index (χ1v) is 26.8. The van der Waals surface area contributed by atoms with Gasteiger partial charge in [-0.05, 0) is 220 Å². The van der Waals surface area contributed by atoms with Gasteiger partial charge in [-0.3, -0.25) is 0 Å². The summed E-state index contributed by atoms with van der Waals surface area (Å²) in [5.41, 5.74) is 5.10. The molecular formula is C58H98O2. The predicted octanol–water partition coefficient (Wildman–Crippen LogP) is 15.8. The van der Waals surface area contributed by atoms with E-state index in [0.717, 1.165) is 103 Å². The third kappa shape index (κ3) is 8.55. The molecule has 0 aromatic heterocycles. The molecule has 2 N–H and O–H groups in total. The van der Waals surface area contributed by atoms with Crippen molar-refractivity contribution in [1.29, 1.82) is 0 Å². The fourth-order valence-electron chi connectivity index (χ4n) is 18.1. The van der Waals surface area contributed by atoms with Gasteiger partial charge >= 0.3 is 0 Å². The molecule has 0 bridgehead atoms. The Hall–Kier alpha value is -0.860. The number of hydrogen-bond acceptors (Lipinski definition) is 2. The van der Waals surface area contributed by atoms with Crippen molar-refractivity contribution in [3.05, 3.63) is 35.5 Å². The van der Waals surface area contributed by atoms with Gasteiger partial charge < -0.3 is 10.2 Å². The van der Waals surface area contributed by atoms with E-state index in [1.165, 1.54) is 103 Å². The Labute approximate surface area is 372 Å². The number of aliphatic hydroxyl groups excluding tert-OH is 2. The standard InChI is InChI=1S/C29H50O.C29H48O/c2*1-7-21(19(2)3)9-8-20(4)25-12-13-26-24-11-10-22-18-23(30)14-16-28(22,5)27(24)15-17-29(25,26)6/h10,19-21,23-27,30H,7-9,11-18H2,1-6H3;8-10,19-21,23-27,30H,7,11-18H2,1-6H3/b;9-8+/t20-,21+,23+,24+,25-,26+,27+,28+,29-;20-,21-,23+,24+,25-,26+,27+,28+,29-/m11/s1. The van der Waals surface area contributed by atoms with Crippen molar-refractivity contribution < 1.29 is 10.2 Å². The Kier molecular flexibility index (Phi) is 14.6. The zero-order valence-electron chi connectivity index (χ0n) is 41.6. The van der Waals surface area contributed by atoms with Crippen molar-refractivity contribution in [2.45, 2.75) is 224 Å². The molecule has 0 unspecified atom stereocenters. The molecule has 8 aliphatic carbocycles. The molecule has 60 heavy (non-hydrogen) atoms. The van der Waals surface area contributed by atoms with E-state index in [9.17, 15) is 10.2 Å². The van der Waals surface area contributed by atoms with Crippen LogP contribution in [0.4, 0.5) is 0 Å². The van der Waals surface area contributed by atoms with E-state index in [2.05, 4.69) is 107 Å². The summed E-state index contributed by atoms with van der Waals surface area (Å²) in [6.45, 7) is 29.9. The minimum absolute atomic E-state index is 0.0794. The normalized spacial score (nSPS) is 45.5. The van der Waals surface area contributed by atoms with Crippen LogP contribution in [0.25, 0.3) is 0 Å². The quantitative estimate of drug-likeness (QED) is 0.204. The highest BCUT2D eigenvalue weighted by Crippen LogP contribution is 2.69. The molecule has 0 radical (unpaired) electrons. The van der Waals surface area contributed by atoms with Crippen LogP contribution in [0.3, 0.4) is 0 Å². The van der Waals surface area contributed by atoms with Crippen LogP contribution in [0.5, 0.6) is 0 Å². The maximum atomic E-state index is 10.2. The monoisotopic (exact) mass is 827 g/mol. The van der Waals surface area contributed by atoms with Crippen LogP contribution in [0.1, 0.15) is 212 Å². The number of aliphatic hydroxyl groups is 2. The molecule has 0 aliphatic heterocycles. The first-order valence-electron chi connectivity index (χ1n) is 26.8. The van der Waals surface area contributed by atoms with Gasteiger partial charge in [0.25, 0.3) is 0 Å². The lowest BCUT2D eigenvalue weighted by Crippen LogP contribution is -2.50. The van der Waals surface area contributed by atoms with Crippen molar-refractivity contribution in [2.75, 3.05) is 0 Å². The summed E-state index contributed by atoms with van der Waals surface area (Å²) in [6, 6.07) is 0. The molecule has 342 valence electrons. The van der Waals surface area contributed by atoms with Gasteiger partial charge in [0.1, 0.15) is 0 Å². The second kappa shape index (κ2) is 18.6. The van der Waals surface area contributed by atoms with Crippen molar-refractivity contribution in [3.63, 3.8) is 0 Å². The summed E-state index contributed by atoms with van der Waals surface area (Å²) in [5.74, 6) is 12.0. The molecule has 8 aliphatic rings. The molecule has 6 fully saturated rings. The average Bonchev–Trinajstić information content (AvgIpc) is 3.75. The minimum atomic E-state index is -0.0870. The highest BCUT2D eigenvalue weighted by atomic mass is 16.3. The summed E-state index contributed by atoms with van der Waals surface area (Å²) < 4.78 is 0. The third-order valence-electron chi connectivity index (χ3n) is 22.1. The number of allylic oxidation sites excluding steroid dienone is 4. The lowest BCUT2D eigenvalue weighted by molar-refractivity contribution is -0.0575. The fraction of sp³-hybridized carbons (Fsp3) is 0.897. The molecule has 0 saturated heterocycles. The zero-order valence-corrected chi connectivity index (χ0v) is 41.6. The van der Waals surface area contributed by atoms with Crippen molar-refractivity contribution >= 4 is 0 Å². The maximum Gasteiger partial charge on any atom is 0.0577 e. The van der Waals surface area contributed by atoms with Gasteiger partial charge in [0.05, 0.1) is 12.2 Å². The molecular weight excluding hydrogens is 729 g/mol. The molecule has 2 heteroatoms. The van der Waals surface area contributed by atoms with Crippen LogP contribution in [-0.4, -0.2) is 22.4 Å². The third-order valence-corrected chi connectivity index (χ3v) is 22.1. The molecule has 18 atom stereocenters. The molecule has 6 saturated carbocycles. The molecule has 0 amide bonds. The van der Waals surface area contributed by atoms with Gasteiger partial charge in [0, 0.05) is 0 Å². The molecule has 0 aromatic rings. The van der Waals surface area contributed by atoms with E-state index < -0.39 is 0 Å². The van der Waals surface area contributed by atoms with Gasteiger partial charge in [-0.15, -0.1) is 0 Å². The highest BCUT2D eigenvalue weighted by Gasteiger charge is 2.60. The lowest BCUT2D eigenvalue weighted by Gasteiger charge is -2.58. The minimum Gasteiger partial charge on any atom is -0.393 e. The number of rotatable bonds is 11. The molecule has 2 nitrogen and oxygen atoms in total. The van der Waals surface area contributed by atoms with Crippen LogP contribution in [-0.2, 0) is 0 Å². The SMILES string of the molecule is CC[C@@H](CC[C@@H](C)[C@H]1CC[C@H]2[C@@H]3CC=C4C[C@@H](O)CC[C@]4(C)[C@H]3CC[C@]12C)C(C)C.CC[C@H](/C=C/[C@@H](C)[C@H]1CC[C@H]2[C@@H]3CC=C4C[C@@H](O)CC[C@]4(C)[C@H]3CC[C@]12C)C(C)C. The molecule has 0 heterocycles. The average molecular weight is 827 g/mol. The largest absolute Gasteiger partial charge is 0.393 e. The Morgan fingerprint density at radius 1 is 0.567 bits per heavy atom. The number of hydrogen-bond donors (Lipinski definition) is 2. The summed E-state index contributed by atoms with van der Waals surface area (Å²) in [5, 5.41) is 20.5. The van der Waals surface area contributed by atoms with Crippen LogP contribution in [0, 0.1) is 105 Å². The van der Waals surface area contributed by atoms with Crippen molar-refractivity contribution in [2.24, 2.45) is 105 Å². The van der Waals surface area contributed by atoms with E-state index in [1.54, 1.807) is 11.1 Å². The van der Waals surface area contributed by atoms with E-state index in [0.29, 0.717) is 27.6 Å². The van der Waals surface area contributed by atoms with Crippen molar-refractivity contribution in [3.8, 4) is 0 Å². The Bertz CT molecular complexity index is 1530.